The lowest BCUT2D eigenvalue weighted by Gasteiger charge is -2.09. The monoisotopic (exact) mass is 267 g/mol. The number of halogens is 1. The molecule has 0 spiro atoms. The second kappa shape index (κ2) is 5.09. The maximum atomic E-state index is 12.4. The fourth-order valence-electron chi connectivity index (χ4n) is 2.24. The van der Waals surface area contributed by atoms with Gasteiger partial charge >= 0.3 is 5.97 Å². The van der Waals surface area contributed by atoms with Crippen molar-refractivity contribution in [3.05, 3.63) is 66.4 Å². The second-order valence-corrected chi connectivity index (χ2v) is 4.29. The van der Waals surface area contributed by atoms with Gasteiger partial charge in [0.25, 0.3) is 0 Å². The number of pyridine rings is 1. The molecule has 0 N–H and O–H groups in total. The molecular formula is C16H10FNO2. The summed E-state index contributed by atoms with van der Waals surface area (Å²) in [6.07, 6.45) is 1.56. The van der Waals surface area contributed by atoms with E-state index in [2.05, 4.69) is 9.93 Å². The van der Waals surface area contributed by atoms with E-state index in [4.69, 9.17) is 0 Å². The van der Waals surface area contributed by atoms with Crippen LogP contribution in [0.15, 0.2) is 60.8 Å². The molecule has 0 aliphatic heterocycles. The van der Waals surface area contributed by atoms with Gasteiger partial charge in [0, 0.05) is 21.7 Å². The fourth-order valence-corrected chi connectivity index (χ4v) is 2.24. The molecule has 0 atom stereocenters. The number of hydrogen-bond donors (Lipinski definition) is 0. The van der Waals surface area contributed by atoms with Crippen molar-refractivity contribution >= 4 is 16.9 Å². The summed E-state index contributed by atoms with van der Waals surface area (Å²) in [6, 6.07) is 16.3. The Morgan fingerprint density at radius 1 is 1.00 bits per heavy atom. The van der Waals surface area contributed by atoms with Crippen LogP contribution in [0.3, 0.4) is 0 Å². The molecular weight excluding hydrogens is 257 g/mol. The molecule has 0 bridgehead atoms. The van der Waals surface area contributed by atoms with Crippen LogP contribution in [0, 0.1) is 0 Å². The molecule has 0 amide bonds. The van der Waals surface area contributed by atoms with Crippen molar-refractivity contribution in [2.75, 3.05) is 0 Å². The van der Waals surface area contributed by atoms with Crippen LogP contribution < -0.4 is 0 Å². The van der Waals surface area contributed by atoms with E-state index < -0.39 is 5.97 Å². The lowest BCUT2D eigenvalue weighted by molar-refractivity contribution is -0.0785. The molecule has 0 fully saturated rings. The van der Waals surface area contributed by atoms with Gasteiger partial charge in [-0.1, -0.05) is 48.5 Å². The first-order valence-corrected chi connectivity index (χ1v) is 6.07. The Bertz CT molecular complexity index is 772. The Kier molecular flexibility index (Phi) is 3.13. The van der Waals surface area contributed by atoms with Crippen molar-refractivity contribution in [3.8, 4) is 11.1 Å². The van der Waals surface area contributed by atoms with Gasteiger partial charge in [-0.3, -0.25) is 4.98 Å². The van der Waals surface area contributed by atoms with Crippen LogP contribution in [0.25, 0.3) is 22.0 Å². The summed E-state index contributed by atoms with van der Waals surface area (Å²) < 4.78 is 12.4. The van der Waals surface area contributed by atoms with Crippen molar-refractivity contribution in [1.29, 1.82) is 0 Å². The quantitative estimate of drug-likeness (QED) is 0.706. The SMILES string of the molecule is O=C(OF)c1c(-c2ccccc2)cnc2ccccc12. The van der Waals surface area contributed by atoms with Gasteiger partial charge in [-0.2, -0.15) is 0 Å². The fraction of sp³-hybridized carbons (Fsp3) is 0. The number of fused-ring (bicyclic) bond motifs is 1. The van der Waals surface area contributed by atoms with Gasteiger partial charge in [0.05, 0.1) is 11.1 Å². The number of hydrogen-bond acceptors (Lipinski definition) is 3. The second-order valence-electron chi connectivity index (χ2n) is 4.29. The van der Waals surface area contributed by atoms with Crippen LogP contribution in [0.4, 0.5) is 4.53 Å². The van der Waals surface area contributed by atoms with Crippen molar-refractivity contribution in [3.63, 3.8) is 0 Å². The minimum Gasteiger partial charge on any atom is -0.256 e. The molecule has 3 nitrogen and oxygen atoms in total. The molecule has 3 aromatic rings. The van der Waals surface area contributed by atoms with Gasteiger partial charge in [-0.05, 0) is 11.6 Å². The number of carbonyl (C=O) groups excluding carboxylic acids is 1. The van der Waals surface area contributed by atoms with Crippen molar-refractivity contribution in [2.24, 2.45) is 0 Å². The normalized spacial score (nSPS) is 10.4. The molecule has 2 aromatic carbocycles. The van der Waals surface area contributed by atoms with Gasteiger partial charge in [0.15, 0.2) is 0 Å². The van der Waals surface area contributed by atoms with E-state index in [0.717, 1.165) is 5.56 Å². The summed E-state index contributed by atoms with van der Waals surface area (Å²) in [5.74, 6) is -1.01. The Morgan fingerprint density at radius 2 is 1.70 bits per heavy atom. The highest BCUT2D eigenvalue weighted by Crippen LogP contribution is 2.29. The molecule has 0 radical (unpaired) electrons. The first-order valence-electron chi connectivity index (χ1n) is 6.07. The highest BCUT2D eigenvalue weighted by molar-refractivity contribution is 6.08. The summed E-state index contributed by atoms with van der Waals surface area (Å²) in [5, 5.41) is 0.566. The summed E-state index contributed by atoms with van der Waals surface area (Å²) in [4.78, 5) is 19.5. The lowest BCUT2D eigenvalue weighted by Crippen LogP contribution is -2.04. The zero-order valence-electron chi connectivity index (χ0n) is 10.4. The number of nitrogens with zero attached hydrogens (tertiary/aromatic N) is 1. The largest absolute Gasteiger partial charge is 0.380 e. The van der Waals surface area contributed by atoms with Crippen LogP contribution in [0.1, 0.15) is 10.4 Å². The van der Waals surface area contributed by atoms with Crippen LogP contribution in [0.5, 0.6) is 0 Å². The molecule has 0 saturated heterocycles. The third kappa shape index (κ3) is 2.01. The molecule has 0 aliphatic rings. The molecule has 1 heterocycles. The Hall–Kier alpha value is -2.75. The zero-order chi connectivity index (χ0) is 13.9. The molecule has 98 valence electrons. The van der Waals surface area contributed by atoms with Gasteiger partial charge in [-0.15, -0.1) is 0 Å². The first kappa shape index (κ1) is 12.3. The van der Waals surface area contributed by atoms with Gasteiger partial charge in [-0.25, -0.2) is 9.74 Å². The van der Waals surface area contributed by atoms with E-state index in [0.29, 0.717) is 16.5 Å². The van der Waals surface area contributed by atoms with Crippen LogP contribution in [-0.2, 0) is 4.94 Å². The Balaban J connectivity index is 2.35. The van der Waals surface area contributed by atoms with E-state index in [-0.39, 0.29) is 5.56 Å². The molecule has 0 aliphatic carbocycles. The summed E-state index contributed by atoms with van der Waals surface area (Å²) >= 11 is 0. The molecule has 4 heteroatoms. The smallest absolute Gasteiger partial charge is 0.256 e. The Morgan fingerprint density at radius 3 is 2.45 bits per heavy atom. The maximum absolute atomic E-state index is 12.4. The minimum absolute atomic E-state index is 0.185. The van der Waals surface area contributed by atoms with E-state index in [9.17, 15) is 9.32 Å². The lowest BCUT2D eigenvalue weighted by atomic mass is 9.98. The highest BCUT2D eigenvalue weighted by atomic mass is 19.3. The van der Waals surface area contributed by atoms with Crippen molar-refractivity contribution in [1.82, 2.24) is 4.98 Å². The first-order chi connectivity index (χ1) is 9.81. The predicted molar refractivity (Wildman–Crippen MR) is 73.7 cm³/mol. The minimum atomic E-state index is -1.01. The number of carbonyl (C=O) groups is 1. The molecule has 3 rings (SSSR count). The summed E-state index contributed by atoms with van der Waals surface area (Å²) in [7, 11) is 0. The highest BCUT2D eigenvalue weighted by Gasteiger charge is 2.19. The topological polar surface area (TPSA) is 39.2 Å². The molecule has 0 unspecified atom stereocenters. The third-order valence-electron chi connectivity index (χ3n) is 3.13. The van der Waals surface area contributed by atoms with Crippen LogP contribution in [-0.4, -0.2) is 11.0 Å². The summed E-state index contributed by atoms with van der Waals surface area (Å²) in [6.45, 7) is 0. The van der Waals surface area contributed by atoms with Crippen LogP contribution in [0.2, 0.25) is 0 Å². The third-order valence-corrected chi connectivity index (χ3v) is 3.13. The number of aromatic nitrogens is 1. The standard InChI is InChI=1S/C16H10FNO2/c17-20-16(19)15-12-8-4-5-9-14(12)18-10-13(15)11-6-2-1-3-7-11/h1-10H. The van der Waals surface area contributed by atoms with Crippen molar-refractivity contribution < 1.29 is 14.3 Å². The predicted octanol–water partition coefficient (Wildman–Crippen LogP) is 3.94. The molecule has 1 aromatic heterocycles. The van der Waals surface area contributed by atoms with Gasteiger partial charge < -0.3 is 0 Å². The van der Waals surface area contributed by atoms with Crippen molar-refractivity contribution in [2.45, 2.75) is 0 Å². The summed E-state index contributed by atoms with van der Waals surface area (Å²) in [5.41, 5.74) is 2.13. The van der Waals surface area contributed by atoms with Gasteiger partial charge in [0.1, 0.15) is 0 Å². The molecule has 0 saturated carbocycles. The van der Waals surface area contributed by atoms with Gasteiger partial charge in [0.2, 0.25) is 0 Å². The number of para-hydroxylation sites is 1. The maximum Gasteiger partial charge on any atom is 0.380 e. The Labute approximate surface area is 114 Å². The average Bonchev–Trinajstić information content (AvgIpc) is 2.54. The zero-order valence-corrected chi connectivity index (χ0v) is 10.4. The molecule has 20 heavy (non-hydrogen) atoms. The van der Waals surface area contributed by atoms with Crippen LogP contribution >= 0.6 is 0 Å². The van der Waals surface area contributed by atoms with E-state index in [1.807, 2.05) is 36.4 Å². The number of benzene rings is 2. The van der Waals surface area contributed by atoms with E-state index in [1.165, 1.54) is 0 Å². The van der Waals surface area contributed by atoms with E-state index in [1.54, 1.807) is 24.4 Å². The number of rotatable bonds is 2. The average molecular weight is 267 g/mol. The van der Waals surface area contributed by atoms with E-state index >= 15 is 0 Å².